The summed E-state index contributed by atoms with van der Waals surface area (Å²) in [6, 6.07) is 5.12. The Balaban J connectivity index is 1.93. The third kappa shape index (κ3) is 8.16. The Morgan fingerprint density at radius 2 is 1.95 bits per heavy atom. The topological polar surface area (TPSA) is 129 Å². The van der Waals surface area contributed by atoms with Crippen molar-refractivity contribution < 1.29 is 23.5 Å². The number of nitrogens with one attached hydrogen (secondary N) is 2. The lowest BCUT2D eigenvalue weighted by atomic mass is 10.0. The number of carbonyl (C=O) groups excluding carboxylic acids is 2. The fourth-order valence-electron chi connectivity index (χ4n) is 4.22. The standard InChI is InChI=1S/C28H41N3O7S2Si/c1-16-14-31(27(35)30-25(16)33)24-13-22(23(37-24)15-36-41(8,9)28(4,5)6)38-26(34)20-11-10-19(29-18(3)32)12-21(20)17(2)40-39-7/h10-12,14,17,22-24H,13,15H2,1-9H3,(H,29,32)(H,30,33,35)/t17?,22-,23-,24-/m1/s1. The Kier molecular flexibility index (Phi) is 10.8. The van der Waals surface area contributed by atoms with Crippen LogP contribution < -0.4 is 16.6 Å². The molecule has 0 radical (unpaired) electrons. The van der Waals surface area contributed by atoms with Gasteiger partial charge in [-0.3, -0.25) is 19.1 Å². The van der Waals surface area contributed by atoms with E-state index >= 15 is 0 Å². The number of nitrogens with zero attached hydrogens (tertiary/aromatic N) is 1. The van der Waals surface area contributed by atoms with Crippen LogP contribution in [0.5, 0.6) is 0 Å². The highest BCUT2D eigenvalue weighted by atomic mass is 33.1. The number of hydrogen-bond donors (Lipinski definition) is 2. The lowest BCUT2D eigenvalue weighted by molar-refractivity contribution is -0.114. The summed E-state index contributed by atoms with van der Waals surface area (Å²) in [5, 5.41) is 2.67. The highest BCUT2D eigenvalue weighted by Crippen LogP contribution is 2.40. The van der Waals surface area contributed by atoms with E-state index in [4.69, 9.17) is 13.9 Å². The third-order valence-electron chi connectivity index (χ3n) is 7.58. The first-order valence-corrected chi connectivity index (χ1v) is 19.0. The zero-order chi connectivity index (χ0) is 30.7. The fourth-order valence-corrected chi connectivity index (χ4v) is 6.99. The molecule has 1 unspecified atom stereocenters. The van der Waals surface area contributed by atoms with E-state index in [1.54, 1.807) is 46.7 Å². The molecule has 1 saturated heterocycles. The molecule has 13 heteroatoms. The van der Waals surface area contributed by atoms with Gasteiger partial charge in [0, 0.05) is 36.0 Å². The van der Waals surface area contributed by atoms with E-state index in [0.29, 0.717) is 16.8 Å². The number of hydrogen-bond acceptors (Lipinski definition) is 9. The molecule has 10 nitrogen and oxygen atoms in total. The predicted molar refractivity (Wildman–Crippen MR) is 167 cm³/mol. The molecule has 1 fully saturated rings. The van der Waals surface area contributed by atoms with Crippen molar-refractivity contribution in [2.24, 2.45) is 0 Å². The minimum atomic E-state index is -2.16. The van der Waals surface area contributed by atoms with Crippen molar-refractivity contribution in [3.63, 3.8) is 0 Å². The smallest absolute Gasteiger partial charge is 0.338 e. The molecule has 41 heavy (non-hydrogen) atoms. The molecule has 2 N–H and O–H groups in total. The van der Waals surface area contributed by atoms with Crippen molar-refractivity contribution in [3.05, 3.63) is 61.9 Å². The number of ether oxygens (including phenoxy) is 2. The molecule has 1 aromatic heterocycles. The van der Waals surface area contributed by atoms with Crippen LogP contribution in [0.15, 0.2) is 34.0 Å². The van der Waals surface area contributed by atoms with Crippen LogP contribution in [0.25, 0.3) is 0 Å². The quantitative estimate of drug-likeness (QED) is 0.203. The predicted octanol–water partition coefficient (Wildman–Crippen LogP) is 5.41. The molecule has 3 rings (SSSR count). The van der Waals surface area contributed by atoms with E-state index in [0.717, 1.165) is 5.56 Å². The van der Waals surface area contributed by atoms with Crippen molar-refractivity contribution in [1.82, 2.24) is 9.55 Å². The molecular weight excluding hydrogens is 583 g/mol. The lowest BCUT2D eigenvalue weighted by Gasteiger charge is -2.37. The lowest BCUT2D eigenvalue weighted by Crippen LogP contribution is -2.44. The van der Waals surface area contributed by atoms with Crippen molar-refractivity contribution in [2.45, 2.75) is 89.8 Å². The van der Waals surface area contributed by atoms with Gasteiger partial charge < -0.3 is 19.2 Å². The summed E-state index contributed by atoms with van der Waals surface area (Å²) in [4.78, 5) is 52.2. The molecule has 0 saturated carbocycles. The van der Waals surface area contributed by atoms with Crippen molar-refractivity contribution in [3.8, 4) is 0 Å². The Hall–Kier alpha value is -2.32. The van der Waals surface area contributed by atoms with Crippen LogP contribution in [0.1, 0.15) is 74.0 Å². The molecule has 2 aromatic rings. The van der Waals surface area contributed by atoms with E-state index < -0.39 is 44.0 Å². The van der Waals surface area contributed by atoms with Gasteiger partial charge in [-0.15, -0.1) is 0 Å². The van der Waals surface area contributed by atoms with Gasteiger partial charge in [0.25, 0.3) is 5.56 Å². The fraction of sp³-hybridized carbons (Fsp3) is 0.571. The Morgan fingerprint density at radius 3 is 2.56 bits per heavy atom. The average molecular weight is 624 g/mol. The Bertz CT molecular complexity index is 1390. The van der Waals surface area contributed by atoms with E-state index in [1.807, 2.05) is 13.2 Å². The molecule has 1 aliphatic rings. The van der Waals surface area contributed by atoms with Gasteiger partial charge >= 0.3 is 11.7 Å². The number of benzene rings is 1. The number of carbonyl (C=O) groups is 2. The summed E-state index contributed by atoms with van der Waals surface area (Å²) >= 11 is 0. The molecule has 1 aromatic carbocycles. The van der Waals surface area contributed by atoms with Gasteiger partial charge in [0.05, 0.1) is 12.2 Å². The SMILES string of the molecule is CSSC(C)c1cc(NC(C)=O)ccc1C(=O)O[C@@H]1C[C@H](n2cc(C)c(=O)[nH]c2=O)O[C@@H]1CO[Si](C)(C)C(C)(C)C. The summed E-state index contributed by atoms with van der Waals surface area (Å²) < 4.78 is 20.1. The minimum Gasteiger partial charge on any atom is -0.456 e. The van der Waals surface area contributed by atoms with Gasteiger partial charge in [-0.2, -0.15) is 0 Å². The third-order valence-corrected chi connectivity index (χ3v) is 14.3. The maximum atomic E-state index is 13.6. The number of anilines is 1. The van der Waals surface area contributed by atoms with Crippen LogP contribution in [0.2, 0.25) is 18.1 Å². The molecule has 0 spiro atoms. The van der Waals surface area contributed by atoms with E-state index in [2.05, 4.69) is 44.2 Å². The molecule has 1 aliphatic heterocycles. The largest absolute Gasteiger partial charge is 0.456 e. The normalized spacial score (nSPS) is 20.1. The van der Waals surface area contributed by atoms with Crippen LogP contribution in [0, 0.1) is 6.92 Å². The molecule has 226 valence electrons. The first-order valence-electron chi connectivity index (χ1n) is 13.5. The second-order valence-electron chi connectivity index (χ2n) is 11.7. The summed E-state index contributed by atoms with van der Waals surface area (Å²) in [6.45, 7) is 15.9. The summed E-state index contributed by atoms with van der Waals surface area (Å²) in [6.07, 6.45) is 1.54. The van der Waals surface area contributed by atoms with Crippen LogP contribution in [-0.2, 0) is 18.7 Å². The van der Waals surface area contributed by atoms with E-state index in [1.165, 1.54) is 17.7 Å². The average Bonchev–Trinajstić information content (AvgIpc) is 3.26. The number of aromatic amines is 1. The van der Waals surface area contributed by atoms with Crippen LogP contribution in [-0.4, -0.2) is 54.8 Å². The maximum absolute atomic E-state index is 13.6. The van der Waals surface area contributed by atoms with Crippen LogP contribution in [0.4, 0.5) is 5.69 Å². The number of esters is 1. The second-order valence-corrected chi connectivity index (χ2v) is 19.4. The second kappa shape index (κ2) is 13.3. The van der Waals surface area contributed by atoms with Gasteiger partial charge in [-0.05, 0) is 62.0 Å². The molecule has 1 amide bonds. The van der Waals surface area contributed by atoms with Gasteiger partial charge in [0.1, 0.15) is 18.4 Å². The minimum absolute atomic E-state index is 0.0419. The van der Waals surface area contributed by atoms with Crippen LogP contribution in [0.3, 0.4) is 0 Å². The van der Waals surface area contributed by atoms with E-state index in [9.17, 15) is 19.2 Å². The number of rotatable bonds is 10. The summed E-state index contributed by atoms with van der Waals surface area (Å²) in [5.41, 5.74) is 1.02. The summed E-state index contributed by atoms with van der Waals surface area (Å²) in [5.74, 6) is -0.734. The highest BCUT2D eigenvalue weighted by molar-refractivity contribution is 8.76. The van der Waals surface area contributed by atoms with Gasteiger partial charge in [0.2, 0.25) is 5.91 Å². The first kappa shape index (κ1) is 33.2. The van der Waals surface area contributed by atoms with E-state index in [-0.39, 0.29) is 29.2 Å². The highest BCUT2D eigenvalue weighted by Gasteiger charge is 2.43. The van der Waals surface area contributed by atoms with Crippen LogP contribution >= 0.6 is 21.6 Å². The molecular formula is C28H41N3O7S2Si. The van der Waals surface area contributed by atoms with Gasteiger partial charge in [0.15, 0.2) is 8.32 Å². The monoisotopic (exact) mass is 623 g/mol. The maximum Gasteiger partial charge on any atom is 0.338 e. The number of aryl methyl sites for hydroxylation is 1. The zero-order valence-corrected chi connectivity index (χ0v) is 27.8. The number of amides is 1. The molecule has 0 aliphatic carbocycles. The van der Waals surface area contributed by atoms with Crippen molar-refractivity contribution in [1.29, 1.82) is 0 Å². The number of aromatic nitrogens is 2. The Morgan fingerprint density at radius 1 is 1.27 bits per heavy atom. The zero-order valence-electron chi connectivity index (χ0n) is 25.2. The van der Waals surface area contributed by atoms with Gasteiger partial charge in [-0.1, -0.05) is 42.4 Å². The molecule has 4 atom stereocenters. The first-order chi connectivity index (χ1) is 19.0. The molecule has 0 bridgehead atoms. The summed E-state index contributed by atoms with van der Waals surface area (Å²) in [7, 11) is 1.00. The van der Waals surface area contributed by atoms with Crippen molar-refractivity contribution >= 4 is 47.5 Å². The number of H-pyrrole nitrogens is 1. The van der Waals surface area contributed by atoms with Gasteiger partial charge in [-0.25, -0.2) is 9.59 Å². The van der Waals surface area contributed by atoms with Crippen molar-refractivity contribution in [2.75, 3.05) is 18.2 Å². The Labute approximate surface area is 249 Å². The molecule has 2 heterocycles.